The van der Waals surface area contributed by atoms with Gasteiger partial charge in [-0.05, 0) is 31.5 Å². The standard InChI is InChI=1S/C19H23NO2S/c1-15-3-7-17(8-4-15)13-20-19(21)14-23-12-11-22-18-9-5-16(2)6-10-18/h3-10H,11-14H2,1-2H3,(H,20,21). The summed E-state index contributed by atoms with van der Waals surface area (Å²) in [6.45, 7) is 5.30. The first-order valence-corrected chi connectivity index (χ1v) is 8.88. The van der Waals surface area contributed by atoms with Crippen LogP contribution in [0.15, 0.2) is 48.5 Å². The van der Waals surface area contributed by atoms with Crippen LogP contribution >= 0.6 is 11.8 Å². The molecule has 0 atom stereocenters. The number of nitrogens with one attached hydrogen (secondary N) is 1. The molecule has 2 rings (SSSR count). The highest BCUT2D eigenvalue weighted by atomic mass is 32.2. The number of thioether (sulfide) groups is 1. The van der Waals surface area contributed by atoms with Gasteiger partial charge in [0.25, 0.3) is 0 Å². The Hall–Kier alpha value is -1.94. The predicted octanol–water partition coefficient (Wildman–Crippen LogP) is 3.73. The number of hydrogen-bond acceptors (Lipinski definition) is 3. The van der Waals surface area contributed by atoms with Crippen molar-refractivity contribution in [3.05, 3.63) is 65.2 Å². The lowest BCUT2D eigenvalue weighted by atomic mass is 10.1. The van der Waals surface area contributed by atoms with E-state index in [2.05, 4.69) is 31.3 Å². The maximum atomic E-state index is 11.8. The average molecular weight is 329 g/mol. The number of benzene rings is 2. The smallest absolute Gasteiger partial charge is 0.230 e. The first-order valence-electron chi connectivity index (χ1n) is 7.73. The summed E-state index contributed by atoms with van der Waals surface area (Å²) in [7, 11) is 0. The number of amides is 1. The Kier molecular flexibility index (Phi) is 7.01. The fraction of sp³-hybridized carbons (Fsp3) is 0.316. The minimum absolute atomic E-state index is 0.0610. The van der Waals surface area contributed by atoms with Crippen molar-refractivity contribution in [3.8, 4) is 5.75 Å². The summed E-state index contributed by atoms with van der Waals surface area (Å²) in [5, 5.41) is 2.93. The Morgan fingerprint density at radius 2 is 1.61 bits per heavy atom. The van der Waals surface area contributed by atoms with Crippen molar-refractivity contribution >= 4 is 17.7 Å². The Balaban J connectivity index is 1.56. The molecule has 2 aromatic rings. The lowest BCUT2D eigenvalue weighted by molar-refractivity contribution is -0.118. The van der Waals surface area contributed by atoms with Gasteiger partial charge in [0.15, 0.2) is 0 Å². The molecule has 0 spiro atoms. The van der Waals surface area contributed by atoms with E-state index < -0.39 is 0 Å². The lowest BCUT2D eigenvalue weighted by Crippen LogP contribution is -2.24. The van der Waals surface area contributed by atoms with E-state index in [4.69, 9.17) is 4.74 Å². The van der Waals surface area contributed by atoms with Crippen LogP contribution in [0.5, 0.6) is 5.75 Å². The molecule has 0 heterocycles. The van der Waals surface area contributed by atoms with E-state index in [0.717, 1.165) is 17.1 Å². The zero-order valence-corrected chi connectivity index (χ0v) is 14.5. The van der Waals surface area contributed by atoms with Gasteiger partial charge in [-0.3, -0.25) is 4.79 Å². The number of aryl methyl sites for hydroxylation is 2. The van der Waals surface area contributed by atoms with Crippen LogP contribution < -0.4 is 10.1 Å². The molecule has 0 radical (unpaired) electrons. The molecule has 4 heteroatoms. The van der Waals surface area contributed by atoms with Crippen molar-refractivity contribution in [3.63, 3.8) is 0 Å². The zero-order chi connectivity index (χ0) is 16.5. The largest absolute Gasteiger partial charge is 0.493 e. The van der Waals surface area contributed by atoms with E-state index in [-0.39, 0.29) is 5.91 Å². The number of carbonyl (C=O) groups is 1. The highest BCUT2D eigenvalue weighted by Crippen LogP contribution is 2.12. The molecule has 23 heavy (non-hydrogen) atoms. The lowest BCUT2D eigenvalue weighted by Gasteiger charge is -2.07. The molecular weight excluding hydrogens is 306 g/mol. The molecule has 0 fully saturated rings. The summed E-state index contributed by atoms with van der Waals surface area (Å²) in [6, 6.07) is 16.2. The van der Waals surface area contributed by atoms with E-state index in [9.17, 15) is 4.79 Å². The summed E-state index contributed by atoms with van der Waals surface area (Å²) >= 11 is 1.58. The molecule has 0 unspecified atom stereocenters. The van der Waals surface area contributed by atoms with Crippen molar-refractivity contribution in [1.82, 2.24) is 5.32 Å². The van der Waals surface area contributed by atoms with Crippen LogP contribution in [0.3, 0.4) is 0 Å². The first-order chi connectivity index (χ1) is 11.1. The SMILES string of the molecule is Cc1ccc(CNC(=O)CSCCOc2ccc(C)cc2)cc1. The van der Waals surface area contributed by atoms with Crippen LogP contribution in [0.4, 0.5) is 0 Å². The van der Waals surface area contributed by atoms with Crippen molar-refractivity contribution < 1.29 is 9.53 Å². The number of carbonyl (C=O) groups excluding carboxylic acids is 1. The molecule has 0 aliphatic rings. The summed E-state index contributed by atoms with van der Waals surface area (Å²) in [5.74, 6) is 2.19. The topological polar surface area (TPSA) is 38.3 Å². The third kappa shape index (κ3) is 6.78. The summed E-state index contributed by atoms with van der Waals surface area (Å²) in [4.78, 5) is 11.8. The third-order valence-corrected chi connectivity index (χ3v) is 4.28. The van der Waals surface area contributed by atoms with Crippen LogP contribution in [0, 0.1) is 13.8 Å². The predicted molar refractivity (Wildman–Crippen MR) is 97.0 cm³/mol. The average Bonchev–Trinajstić information content (AvgIpc) is 2.56. The van der Waals surface area contributed by atoms with Crippen molar-refractivity contribution in [2.75, 3.05) is 18.1 Å². The second kappa shape index (κ2) is 9.26. The van der Waals surface area contributed by atoms with Gasteiger partial charge in [-0.1, -0.05) is 47.5 Å². The molecular formula is C19H23NO2S. The normalized spacial score (nSPS) is 10.3. The van der Waals surface area contributed by atoms with Crippen molar-refractivity contribution in [1.29, 1.82) is 0 Å². The third-order valence-electron chi connectivity index (χ3n) is 3.36. The molecule has 1 amide bonds. The molecule has 1 N–H and O–H groups in total. The van der Waals surface area contributed by atoms with Crippen LogP contribution in [-0.2, 0) is 11.3 Å². The minimum atomic E-state index is 0.0610. The van der Waals surface area contributed by atoms with E-state index in [0.29, 0.717) is 18.9 Å². The van der Waals surface area contributed by atoms with Gasteiger partial charge in [0.05, 0.1) is 12.4 Å². The Labute approximate surface area is 142 Å². The van der Waals surface area contributed by atoms with E-state index in [1.54, 1.807) is 11.8 Å². The minimum Gasteiger partial charge on any atom is -0.493 e. The van der Waals surface area contributed by atoms with Crippen LogP contribution in [-0.4, -0.2) is 24.0 Å². The Morgan fingerprint density at radius 3 is 2.26 bits per heavy atom. The second-order valence-corrected chi connectivity index (χ2v) is 6.58. The van der Waals surface area contributed by atoms with Crippen LogP contribution in [0.1, 0.15) is 16.7 Å². The molecule has 0 bridgehead atoms. The van der Waals surface area contributed by atoms with Gasteiger partial charge in [0.2, 0.25) is 5.91 Å². The van der Waals surface area contributed by atoms with Crippen LogP contribution in [0.25, 0.3) is 0 Å². The number of ether oxygens (including phenoxy) is 1. The molecule has 2 aromatic carbocycles. The molecule has 0 aliphatic carbocycles. The molecule has 0 saturated heterocycles. The van der Waals surface area contributed by atoms with Crippen LogP contribution in [0.2, 0.25) is 0 Å². The number of rotatable bonds is 8. The fourth-order valence-electron chi connectivity index (χ4n) is 1.98. The monoisotopic (exact) mass is 329 g/mol. The van der Waals surface area contributed by atoms with Gasteiger partial charge < -0.3 is 10.1 Å². The highest BCUT2D eigenvalue weighted by Gasteiger charge is 2.02. The summed E-state index contributed by atoms with van der Waals surface area (Å²) < 4.78 is 5.63. The Bertz CT molecular complexity index is 608. The van der Waals surface area contributed by atoms with Gasteiger partial charge in [-0.2, -0.15) is 0 Å². The van der Waals surface area contributed by atoms with E-state index in [1.807, 2.05) is 36.4 Å². The van der Waals surface area contributed by atoms with Gasteiger partial charge >= 0.3 is 0 Å². The maximum Gasteiger partial charge on any atom is 0.230 e. The van der Waals surface area contributed by atoms with Crippen molar-refractivity contribution in [2.24, 2.45) is 0 Å². The second-order valence-electron chi connectivity index (χ2n) is 5.48. The highest BCUT2D eigenvalue weighted by molar-refractivity contribution is 7.99. The first kappa shape index (κ1) is 17.4. The Morgan fingerprint density at radius 1 is 1.00 bits per heavy atom. The van der Waals surface area contributed by atoms with Gasteiger partial charge in [-0.25, -0.2) is 0 Å². The number of hydrogen-bond donors (Lipinski definition) is 1. The van der Waals surface area contributed by atoms with Crippen molar-refractivity contribution in [2.45, 2.75) is 20.4 Å². The molecule has 0 saturated carbocycles. The van der Waals surface area contributed by atoms with E-state index in [1.165, 1.54) is 11.1 Å². The summed E-state index contributed by atoms with van der Waals surface area (Å²) in [5.41, 5.74) is 3.57. The quantitative estimate of drug-likeness (QED) is 0.750. The fourth-order valence-corrected chi connectivity index (χ4v) is 2.61. The maximum absolute atomic E-state index is 11.8. The zero-order valence-electron chi connectivity index (χ0n) is 13.7. The molecule has 0 aromatic heterocycles. The molecule has 122 valence electrons. The van der Waals surface area contributed by atoms with Gasteiger partial charge in [-0.15, -0.1) is 11.8 Å². The molecule has 3 nitrogen and oxygen atoms in total. The van der Waals surface area contributed by atoms with Gasteiger partial charge in [0, 0.05) is 12.3 Å². The van der Waals surface area contributed by atoms with E-state index >= 15 is 0 Å². The molecule has 0 aliphatic heterocycles. The van der Waals surface area contributed by atoms with Gasteiger partial charge in [0.1, 0.15) is 5.75 Å². The summed E-state index contributed by atoms with van der Waals surface area (Å²) in [6.07, 6.45) is 0.